The van der Waals surface area contributed by atoms with Crippen LogP contribution in [0.25, 0.3) is 0 Å². The van der Waals surface area contributed by atoms with Crippen LogP contribution in [-0.4, -0.2) is 43.9 Å². The van der Waals surface area contributed by atoms with Crippen molar-refractivity contribution in [2.24, 2.45) is 29.1 Å². The van der Waals surface area contributed by atoms with Gasteiger partial charge in [-0.05, 0) is 87.8 Å². The number of unbranched alkanes of at least 4 members (excludes halogenated alkanes) is 2. The molecule has 4 atom stereocenters. The van der Waals surface area contributed by atoms with E-state index < -0.39 is 0 Å². The molecule has 1 aromatic rings. The first-order chi connectivity index (χ1) is 14.4. The Morgan fingerprint density at radius 2 is 1.63 bits per heavy atom. The predicted molar refractivity (Wildman–Crippen MR) is 123 cm³/mol. The van der Waals surface area contributed by atoms with E-state index in [0.29, 0.717) is 6.54 Å². The van der Waals surface area contributed by atoms with Gasteiger partial charge in [-0.25, -0.2) is 0 Å². The van der Waals surface area contributed by atoms with E-state index in [4.69, 9.17) is 0 Å². The van der Waals surface area contributed by atoms with Crippen molar-refractivity contribution in [2.75, 3.05) is 32.5 Å². The van der Waals surface area contributed by atoms with Crippen LogP contribution in [0.2, 0.25) is 0 Å². The number of nitrogens with zero attached hydrogens (tertiary/aromatic N) is 1. The molecular formula is C24H32BrN3O2. The zero-order chi connectivity index (χ0) is 21.3. The monoisotopic (exact) mass is 473 g/mol. The summed E-state index contributed by atoms with van der Waals surface area (Å²) in [4.78, 5) is 28.6. The third-order valence-electron chi connectivity index (χ3n) is 7.14. The first-order valence-electron chi connectivity index (χ1n) is 11.1. The Balaban J connectivity index is 1.39. The molecule has 0 heterocycles. The summed E-state index contributed by atoms with van der Waals surface area (Å²) in [6.07, 6.45) is 9.90. The van der Waals surface area contributed by atoms with Gasteiger partial charge in [0.1, 0.15) is 0 Å². The molecule has 4 rings (SSSR count). The Kier molecular flexibility index (Phi) is 6.35. The average Bonchev–Trinajstić information content (AvgIpc) is 3.38. The van der Waals surface area contributed by atoms with Gasteiger partial charge in [-0.15, -0.1) is 0 Å². The van der Waals surface area contributed by atoms with Crippen molar-refractivity contribution in [3.05, 3.63) is 40.9 Å². The lowest BCUT2D eigenvalue weighted by atomic mass is 9.81. The van der Waals surface area contributed by atoms with E-state index in [-0.39, 0.29) is 40.9 Å². The summed E-state index contributed by atoms with van der Waals surface area (Å²) in [5.41, 5.74) is 0.940. The number of carbonyl (C=O) groups excluding carboxylic acids is 2. The molecule has 30 heavy (non-hydrogen) atoms. The van der Waals surface area contributed by atoms with Gasteiger partial charge in [0.15, 0.2) is 0 Å². The lowest BCUT2D eigenvalue weighted by Crippen LogP contribution is -2.42. The van der Waals surface area contributed by atoms with Crippen LogP contribution < -0.4 is 10.6 Å². The van der Waals surface area contributed by atoms with E-state index in [9.17, 15) is 9.59 Å². The highest BCUT2D eigenvalue weighted by Crippen LogP contribution is 2.72. The van der Waals surface area contributed by atoms with Crippen molar-refractivity contribution in [2.45, 2.75) is 32.1 Å². The number of hydrogen-bond acceptors (Lipinski definition) is 3. The summed E-state index contributed by atoms with van der Waals surface area (Å²) in [7, 11) is 4.16. The van der Waals surface area contributed by atoms with Crippen LogP contribution in [0.4, 0.5) is 5.69 Å². The van der Waals surface area contributed by atoms with Crippen molar-refractivity contribution in [1.29, 1.82) is 0 Å². The lowest BCUT2D eigenvalue weighted by molar-refractivity contribution is -0.132. The maximum absolute atomic E-state index is 13.3. The summed E-state index contributed by atoms with van der Waals surface area (Å²) < 4.78 is 0.975. The number of nitrogens with one attached hydrogen (secondary N) is 2. The maximum Gasteiger partial charge on any atom is 0.228 e. The van der Waals surface area contributed by atoms with Crippen molar-refractivity contribution >= 4 is 33.4 Å². The van der Waals surface area contributed by atoms with Crippen molar-refractivity contribution < 1.29 is 9.59 Å². The quantitative estimate of drug-likeness (QED) is 0.419. The summed E-state index contributed by atoms with van der Waals surface area (Å²) in [5.74, 6) is -0.0985. The molecule has 2 N–H and O–H groups in total. The molecule has 162 valence electrons. The van der Waals surface area contributed by atoms with Crippen LogP contribution in [0.15, 0.2) is 40.9 Å². The minimum atomic E-state index is -0.278. The van der Waals surface area contributed by atoms with Gasteiger partial charge >= 0.3 is 0 Å². The Hall–Kier alpha value is -1.66. The standard InChI is InChI=1S/C24H32BrN3O2/c1-28(2)15-5-3-4-14-26-22(29)20-18-10-11-19(24(18)12-13-24)21(20)23(30)27-17-8-6-16(25)7-9-17/h6-11,18-21H,3-5,12-15H2,1-2H3,(H,26,29)(H,27,30)/t18-,19+,20-,21-/m1/s1. The van der Waals surface area contributed by atoms with Crippen molar-refractivity contribution in [1.82, 2.24) is 10.2 Å². The summed E-state index contributed by atoms with van der Waals surface area (Å²) in [6.45, 7) is 1.77. The Morgan fingerprint density at radius 3 is 2.23 bits per heavy atom. The zero-order valence-corrected chi connectivity index (χ0v) is 19.5. The van der Waals surface area contributed by atoms with Gasteiger partial charge in [0.25, 0.3) is 0 Å². The second-order valence-electron chi connectivity index (χ2n) is 9.37. The fourth-order valence-corrected chi connectivity index (χ4v) is 5.79. The minimum absolute atomic E-state index is 0.0217. The van der Waals surface area contributed by atoms with E-state index in [2.05, 4.69) is 57.7 Å². The molecule has 2 fully saturated rings. The van der Waals surface area contributed by atoms with Crippen LogP contribution in [-0.2, 0) is 9.59 Å². The topological polar surface area (TPSA) is 61.4 Å². The fourth-order valence-electron chi connectivity index (χ4n) is 5.53. The van der Waals surface area contributed by atoms with Crippen LogP contribution in [0.3, 0.4) is 0 Å². The highest BCUT2D eigenvalue weighted by molar-refractivity contribution is 9.10. The number of hydrogen-bond donors (Lipinski definition) is 2. The molecule has 3 aliphatic carbocycles. The number of carbonyl (C=O) groups is 2. The number of anilines is 1. The van der Waals surface area contributed by atoms with E-state index in [0.717, 1.165) is 48.8 Å². The molecule has 1 spiro atoms. The normalized spacial score (nSPS) is 27.6. The SMILES string of the molecule is CN(C)CCCCCNC(=O)[C@H]1[C@H](C(=O)Nc2ccc(Br)cc2)[C@@H]2C=C[C@H]1C21CC1. The van der Waals surface area contributed by atoms with Gasteiger partial charge in [0, 0.05) is 16.7 Å². The summed E-state index contributed by atoms with van der Waals surface area (Å²) >= 11 is 3.43. The first-order valence-corrected chi connectivity index (χ1v) is 11.9. The Labute approximate surface area is 187 Å². The predicted octanol–water partition coefficient (Wildman–Crippen LogP) is 4.06. The maximum atomic E-state index is 13.3. The highest BCUT2D eigenvalue weighted by atomic mass is 79.9. The van der Waals surface area contributed by atoms with E-state index in [1.165, 1.54) is 0 Å². The number of amides is 2. The number of allylic oxidation sites excluding steroid dienone is 2. The molecule has 5 nitrogen and oxygen atoms in total. The van der Waals surface area contributed by atoms with Gasteiger partial charge in [0.05, 0.1) is 11.8 Å². The Morgan fingerprint density at radius 1 is 1.00 bits per heavy atom. The summed E-state index contributed by atoms with van der Waals surface area (Å²) in [5, 5.41) is 6.21. The van der Waals surface area contributed by atoms with Crippen LogP contribution in [0, 0.1) is 29.1 Å². The molecular weight excluding hydrogens is 442 g/mol. The van der Waals surface area contributed by atoms with Crippen LogP contribution in [0.5, 0.6) is 0 Å². The van der Waals surface area contributed by atoms with Gasteiger partial charge in [-0.2, -0.15) is 0 Å². The minimum Gasteiger partial charge on any atom is -0.356 e. The van der Waals surface area contributed by atoms with E-state index in [1.54, 1.807) is 0 Å². The average molecular weight is 474 g/mol. The lowest BCUT2D eigenvalue weighted by Gasteiger charge is -2.26. The molecule has 6 heteroatoms. The third kappa shape index (κ3) is 4.22. The summed E-state index contributed by atoms with van der Waals surface area (Å²) in [6, 6.07) is 7.61. The fraction of sp³-hybridized carbons (Fsp3) is 0.583. The van der Waals surface area contributed by atoms with Gasteiger partial charge in [-0.3, -0.25) is 9.59 Å². The van der Waals surface area contributed by atoms with Crippen LogP contribution >= 0.6 is 15.9 Å². The largest absolute Gasteiger partial charge is 0.356 e. The molecule has 0 saturated heterocycles. The Bertz CT molecular complexity index is 816. The van der Waals surface area contributed by atoms with E-state index in [1.807, 2.05) is 24.3 Å². The second-order valence-corrected chi connectivity index (χ2v) is 10.3. The smallest absolute Gasteiger partial charge is 0.228 e. The zero-order valence-electron chi connectivity index (χ0n) is 17.9. The molecule has 0 aliphatic heterocycles. The third-order valence-corrected chi connectivity index (χ3v) is 7.67. The molecule has 3 aliphatic rings. The number of halogens is 1. The van der Waals surface area contributed by atoms with Gasteiger partial charge in [-0.1, -0.05) is 34.5 Å². The van der Waals surface area contributed by atoms with Gasteiger partial charge < -0.3 is 15.5 Å². The molecule has 0 radical (unpaired) electrons. The number of benzene rings is 1. The second kappa shape index (κ2) is 8.83. The number of rotatable bonds is 9. The molecule has 2 amide bonds. The molecule has 0 aromatic heterocycles. The molecule has 2 bridgehead atoms. The molecule has 2 saturated carbocycles. The van der Waals surface area contributed by atoms with E-state index >= 15 is 0 Å². The highest BCUT2D eigenvalue weighted by Gasteiger charge is 2.69. The van der Waals surface area contributed by atoms with Crippen molar-refractivity contribution in [3.8, 4) is 0 Å². The van der Waals surface area contributed by atoms with Gasteiger partial charge in [0.2, 0.25) is 11.8 Å². The first kappa shape index (κ1) is 21.6. The van der Waals surface area contributed by atoms with Crippen molar-refractivity contribution in [3.63, 3.8) is 0 Å². The molecule has 0 unspecified atom stereocenters. The van der Waals surface area contributed by atoms with Crippen LogP contribution in [0.1, 0.15) is 32.1 Å². The molecule has 1 aromatic carbocycles.